The number of non-ortho nitro benzene ring substituents is 1. The number of rotatable bonds is 4. The van der Waals surface area contributed by atoms with Crippen molar-refractivity contribution in [3.63, 3.8) is 0 Å². The van der Waals surface area contributed by atoms with E-state index in [2.05, 4.69) is 9.32 Å². The van der Waals surface area contributed by atoms with Crippen LogP contribution in [-0.4, -0.2) is 23.1 Å². The van der Waals surface area contributed by atoms with E-state index in [-0.39, 0.29) is 11.5 Å². The number of nitro groups is 1. The zero-order valence-electron chi connectivity index (χ0n) is 10.2. The molecule has 1 atom stereocenters. The van der Waals surface area contributed by atoms with Crippen LogP contribution in [0.15, 0.2) is 27.7 Å². The van der Waals surface area contributed by atoms with Crippen molar-refractivity contribution in [3.05, 3.63) is 39.0 Å². The Hall–Kier alpha value is -2.03. The number of ether oxygens (including phenoxy) is 1. The van der Waals surface area contributed by atoms with Crippen LogP contribution >= 0.6 is 10.2 Å². The van der Waals surface area contributed by atoms with Gasteiger partial charge < -0.3 is 4.74 Å². The smallest absolute Gasteiger partial charge is 0.375 e. The Kier molecular flexibility index (Phi) is 4.54. The third-order valence-electron chi connectivity index (χ3n) is 2.29. The molecule has 9 heteroatoms. The van der Waals surface area contributed by atoms with Crippen LogP contribution < -0.4 is 0 Å². The van der Waals surface area contributed by atoms with Gasteiger partial charge in [-0.1, -0.05) is 0 Å². The number of halogens is 1. The first-order valence-electron chi connectivity index (χ1n) is 5.10. The summed E-state index contributed by atoms with van der Waals surface area (Å²) in [6, 6.07) is 2.67. The maximum atomic E-state index is 13.8. The Morgan fingerprint density at radius 3 is 2.63 bits per heavy atom. The lowest BCUT2D eigenvalue weighted by molar-refractivity contribution is -0.385. The second-order valence-corrected chi connectivity index (χ2v) is 6.18. The van der Waals surface area contributed by atoms with Crippen LogP contribution in [0.4, 0.5) is 14.9 Å². The normalized spacial score (nSPS) is 15.1. The van der Waals surface area contributed by atoms with Crippen LogP contribution in [0.25, 0.3) is 0 Å². The van der Waals surface area contributed by atoms with Crippen molar-refractivity contribution in [3.8, 4) is 0 Å². The van der Waals surface area contributed by atoms with Crippen LogP contribution in [-0.2, 0) is 4.74 Å². The Bertz CT molecular complexity index is 539. The summed E-state index contributed by atoms with van der Waals surface area (Å²) in [6.45, 7) is 1.56. The lowest BCUT2D eigenvalue weighted by Crippen LogP contribution is -2.12. The third kappa shape index (κ3) is 2.87. The molecular formula is C10H11FN2O5S. The van der Waals surface area contributed by atoms with Gasteiger partial charge in [-0.3, -0.25) is 10.1 Å². The molecule has 0 fully saturated rings. The van der Waals surface area contributed by atoms with Gasteiger partial charge >= 0.3 is 5.30 Å². The molecule has 104 valence electrons. The lowest BCUT2D eigenvalue weighted by Gasteiger charge is -2.24. The first-order chi connectivity index (χ1) is 8.86. The molecule has 1 aromatic rings. The van der Waals surface area contributed by atoms with E-state index in [9.17, 15) is 24.2 Å². The summed E-state index contributed by atoms with van der Waals surface area (Å²) in [5.41, 5.74) is -0.474. The monoisotopic (exact) mass is 290 g/mol. The number of hydrogen-bond acceptors (Lipinski definition) is 6. The highest BCUT2D eigenvalue weighted by molar-refractivity contribution is 8.43. The molecule has 0 aliphatic heterocycles. The summed E-state index contributed by atoms with van der Waals surface area (Å²) in [5, 5.41) is 9.56. The maximum absolute atomic E-state index is 13.8. The van der Waals surface area contributed by atoms with E-state index in [0.29, 0.717) is 6.07 Å². The van der Waals surface area contributed by atoms with Gasteiger partial charge in [-0.15, -0.1) is 4.91 Å². The fourth-order valence-electron chi connectivity index (χ4n) is 1.32. The average Bonchev–Trinajstić information content (AvgIpc) is 2.37. The van der Waals surface area contributed by atoms with Crippen LogP contribution in [0.2, 0.25) is 0 Å². The molecule has 0 spiro atoms. The Morgan fingerprint density at radius 1 is 1.58 bits per heavy atom. The first kappa shape index (κ1) is 15.0. The Labute approximate surface area is 109 Å². The number of hydrogen-bond donors (Lipinski definition) is 0. The molecule has 0 bridgehead atoms. The zero-order chi connectivity index (χ0) is 14.6. The third-order valence-corrected chi connectivity index (χ3v) is 4.54. The summed E-state index contributed by atoms with van der Waals surface area (Å²) < 4.78 is 21.2. The van der Waals surface area contributed by atoms with Gasteiger partial charge in [-0.2, -0.15) is 0 Å². The van der Waals surface area contributed by atoms with Gasteiger partial charge in [0.25, 0.3) is 5.69 Å². The van der Waals surface area contributed by atoms with Crippen molar-refractivity contribution in [2.24, 2.45) is 4.58 Å². The SMILES string of the molecule is CCOC(=O)S(C)(N=O)c1ccc([N+](=O)[O-])cc1F. The molecule has 0 saturated heterocycles. The molecule has 0 amide bonds. The fraction of sp³-hybridized carbons (Fsp3) is 0.300. The summed E-state index contributed by atoms with van der Waals surface area (Å²) in [6.07, 6.45) is 1.17. The quantitative estimate of drug-likeness (QED) is 0.366. The number of nitro benzene ring substituents is 1. The zero-order valence-corrected chi connectivity index (χ0v) is 11.0. The van der Waals surface area contributed by atoms with Crippen molar-refractivity contribution in [2.45, 2.75) is 11.8 Å². The molecule has 0 aromatic heterocycles. The second kappa shape index (κ2) is 5.74. The number of benzene rings is 1. The van der Waals surface area contributed by atoms with Crippen molar-refractivity contribution in [2.75, 3.05) is 12.9 Å². The molecule has 19 heavy (non-hydrogen) atoms. The van der Waals surface area contributed by atoms with E-state index in [0.717, 1.165) is 12.1 Å². The van der Waals surface area contributed by atoms with Crippen LogP contribution in [0, 0.1) is 20.8 Å². The maximum Gasteiger partial charge on any atom is 0.375 e. The Balaban J connectivity index is 3.30. The molecule has 0 N–H and O–H groups in total. The lowest BCUT2D eigenvalue weighted by atomic mass is 10.3. The predicted molar refractivity (Wildman–Crippen MR) is 67.7 cm³/mol. The highest BCUT2D eigenvalue weighted by Gasteiger charge is 2.36. The van der Waals surface area contributed by atoms with Gasteiger partial charge in [0.05, 0.1) is 22.5 Å². The average molecular weight is 290 g/mol. The standard InChI is InChI=1S/C10H11FN2O5S/c1-3-18-10(14)19(2,12-15)9-5-4-7(13(16)17)6-8(9)11/h4-6H,3H2,1-2H3. The Morgan fingerprint density at radius 2 is 2.21 bits per heavy atom. The predicted octanol–water partition coefficient (Wildman–Crippen LogP) is 3.37. The minimum absolute atomic E-state index is 0.0194. The molecule has 1 rings (SSSR count). The summed E-state index contributed by atoms with van der Waals surface area (Å²) in [4.78, 5) is 32.0. The van der Waals surface area contributed by atoms with E-state index < -0.39 is 31.9 Å². The fourth-order valence-corrected chi connectivity index (χ4v) is 2.76. The van der Waals surface area contributed by atoms with Crippen molar-refractivity contribution in [1.82, 2.24) is 0 Å². The van der Waals surface area contributed by atoms with Crippen LogP contribution in [0.5, 0.6) is 0 Å². The van der Waals surface area contributed by atoms with Crippen molar-refractivity contribution in [1.29, 1.82) is 0 Å². The van der Waals surface area contributed by atoms with Gasteiger partial charge in [0, 0.05) is 22.5 Å². The van der Waals surface area contributed by atoms with Gasteiger partial charge in [-0.05, 0) is 17.6 Å². The van der Waals surface area contributed by atoms with Crippen molar-refractivity contribution < 1.29 is 18.8 Å². The highest BCUT2D eigenvalue weighted by Crippen LogP contribution is 2.56. The molecule has 0 aliphatic carbocycles. The molecule has 0 aliphatic rings. The van der Waals surface area contributed by atoms with E-state index in [1.165, 1.54) is 13.2 Å². The largest absolute Gasteiger partial charge is 0.457 e. The topological polar surface area (TPSA) is 98.9 Å². The van der Waals surface area contributed by atoms with E-state index in [4.69, 9.17) is 0 Å². The molecule has 0 saturated carbocycles. The van der Waals surface area contributed by atoms with Gasteiger partial charge in [0.2, 0.25) is 0 Å². The first-order valence-corrected chi connectivity index (χ1v) is 7.10. The summed E-state index contributed by atoms with van der Waals surface area (Å²) in [5.74, 6) is -1.03. The van der Waals surface area contributed by atoms with Gasteiger partial charge in [0.1, 0.15) is 5.82 Å². The molecular weight excluding hydrogens is 279 g/mol. The minimum Gasteiger partial charge on any atom is -0.457 e. The van der Waals surface area contributed by atoms with E-state index in [1.54, 1.807) is 0 Å². The second-order valence-electron chi connectivity index (χ2n) is 3.50. The molecule has 0 heterocycles. The summed E-state index contributed by atoms with van der Waals surface area (Å²) in [7, 11) is -3.06. The molecule has 1 unspecified atom stereocenters. The number of nitrogens with zero attached hydrogens (tertiary/aromatic N) is 2. The minimum atomic E-state index is -3.06. The summed E-state index contributed by atoms with van der Waals surface area (Å²) >= 11 is 0. The van der Waals surface area contributed by atoms with Crippen LogP contribution in [0.1, 0.15) is 6.92 Å². The van der Waals surface area contributed by atoms with Gasteiger partial charge in [0.15, 0.2) is 0 Å². The molecule has 1 aromatic carbocycles. The van der Waals surface area contributed by atoms with E-state index in [1.807, 2.05) is 0 Å². The molecule has 0 radical (unpaired) electrons. The van der Waals surface area contributed by atoms with E-state index >= 15 is 0 Å². The van der Waals surface area contributed by atoms with Crippen LogP contribution in [0.3, 0.4) is 0 Å². The van der Waals surface area contributed by atoms with Crippen molar-refractivity contribution >= 4 is 21.2 Å². The number of carbonyl (C=O) groups is 1. The van der Waals surface area contributed by atoms with Gasteiger partial charge in [-0.25, -0.2) is 9.18 Å². The highest BCUT2D eigenvalue weighted by atomic mass is 32.3. The number of nitroso groups, excluding NO2 is 1. The number of carbonyl (C=O) groups excluding carboxylic acids is 1. The molecule has 7 nitrogen and oxygen atoms in total.